The van der Waals surface area contributed by atoms with Gasteiger partial charge in [0.25, 0.3) is 5.91 Å². The molecular weight excluding hydrogens is 236 g/mol. The summed E-state index contributed by atoms with van der Waals surface area (Å²) in [5, 5.41) is 16.1. The smallest absolute Gasteiger partial charge is 0.255 e. The van der Waals surface area contributed by atoms with E-state index in [9.17, 15) is 4.79 Å². The topological polar surface area (TPSA) is 106 Å². The highest BCUT2D eigenvalue weighted by atomic mass is 16.5. The second kappa shape index (κ2) is 5.21. The molecule has 1 unspecified atom stereocenters. The summed E-state index contributed by atoms with van der Waals surface area (Å²) in [7, 11) is 1.48. The van der Waals surface area contributed by atoms with E-state index in [4.69, 9.17) is 4.74 Å². The molecule has 2 aromatic rings. The van der Waals surface area contributed by atoms with Crippen molar-refractivity contribution in [3.8, 4) is 5.75 Å². The highest BCUT2D eigenvalue weighted by Crippen LogP contribution is 2.16. The maximum atomic E-state index is 12.0. The molecule has 0 aliphatic rings. The number of ether oxygens (including phenoxy) is 1. The summed E-state index contributed by atoms with van der Waals surface area (Å²) in [5.41, 5.74) is 0.405. The van der Waals surface area contributed by atoms with Crippen molar-refractivity contribution in [1.82, 2.24) is 30.9 Å². The predicted octanol–water partition coefficient (Wildman–Crippen LogP) is 0.0943. The molecule has 0 saturated heterocycles. The van der Waals surface area contributed by atoms with E-state index in [-0.39, 0.29) is 11.9 Å². The Balaban J connectivity index is 2.12. The van der Waals surface area contributed by atoms with Crippen molar-refractivity contribution >= 4 is 5.91 Å². The fourth-order valence-corrected chi connectivity index (χ4v) is 1.42. The van der Waals surface area contributed by atoms with Crippen LogP contribution >= 0.6 is 0 Å². The molecule has 8 nitrogen and oxygen atoms in total. The van der Waals surface area contributed by atoms with Crippen LogP contribution in [0.5, 0.6) is 5.75 Å². The molecule has 0 spiro atoms. The van der Waals surface area contributed by atoms with Crippen molar-refractivity contribution in [2.45, 2.75) is 13.0 Å². The van der Waals surface area contributed by atoms with Gasteiger partial charge in [-0.05, 0) is 13.0 Å². The molecule has 2 aromatic heterocycles. The van der Waals surface area contributed by atoms with E-state index < -0.39 is 0 Å². The van der Waals surface area contributed by atoms with Crippen molar-refractivity contribution in [2.24, 2.45) is 0 Å². The number of nitrogens with one attached hydrogen (secondary N) is 2. The Morgan fingerprint density at radius 2 is 2.39 bits per heavy atom. The number of hydrogen-bond donors (Lipinski definition) is 2. The third-order valence-electron chi connectivity index (χ3n) is 2.35. The first-order valence-corrected chi connectivity index (χ1v) is 5.24. The zero-order chi connectivity index (χ0) is 13.0. The number of carbonyl (C=O) groups excluding carboxylic acids is 1. The molecule has 0 aliphatic carbocycles. The van der Waals surface area contributed by atoms with Gasteiger partial charge in [0.1, 0.15) is 5.75 Å². The van der Waals surface area contributed by atoms with Gasteiger partial charge in [0.2, 0.25) is 0 Å². The molecule has 8 heteroatoms. The minimum absolute atomic E-state index is 0.286. The van der Waals surface area contributed by atoms with Crippen molar-refractivity contribution in [2.75, 3.05) is 7.11 Å². The fraction of sp³-hybridized carbons (Fsp3) is 0.300. The van der Waals surface area contributed by atoms with Gasteiger partial charge in [0.15, 0.2) is 5.82 Å². The zero-order valence-corrected chi connectivity index (χ0v) is 9.91. The minimum atomic E-state index is -0.353. The van der Waals surface area contributed by atoms with Crippen LogP contribution in [0, 0.1) is 0 Å². The Labute approximate surface area is 103 Å². The predicted molar refractivity (Wildman–Crippen MR) is 60.8 cm³/mol. The number of nitrogens with zero attached hydrogens (tertiary/aromatic N) is 4. The Kier molecular flexibility index (Phi) is 3.46. The molecule has 0 bridgehead atoms. The summed E-state index contributed by atoms with van der Waals surface area (Å²) in [6, 6.07) is 1.23. The summed E-state index contributed by atoms with van der Waals surface area (Å²) >= 11 is 0. The van der Waals surface area contributed by atoms with Gasteiger partial charge in [-0.1, -0.05) is 5.21 Å². The largest absolute Gasteiger partial charge is 0.494 e. The molecule has 2 rings (SSSR count). The van der Waals surface area contributed by atoms with Crippen molar-refractivity contribution in [1.29, 1.82) is 0 Å². The number of aromatic amines is 1. The lowest BCUT2D eigenvalue weighted by molar-refractivity contribution is 0.0935. The molecule has 2 N–H and O–H groups in total. The van der Waals surface area contributed by atoms with E-state index in [2.05, 4.69) is 30.9 Å². The Bertz CT molecular complexity index is 527. The van der Waals surface area contributed by atoms with E-state index in [1.54, 1.807) is 13.0 Å². The van der Waals surface area contributed by atoms with E-state index in [0.717, 1.165) is 0 Å². The highest BCUT2D eigenvalue weighted by Gasteiger charge is 2.17. The molecule has 0 aromatic carbocycles. The van der Waals surface area contributed by atoms with Crippen molar-refractivity contribution < 1.29 is 9.53 Å². The summed E-state index contributed by atoms with van der Waals surface area (Å²) < 4.78 is 5.07. The molecular formula is C10H12N6O2. The van der Waals surface area contributed by atoms with Gasteiger partial charge in [-0.15, -0.1) is 10.2 Å². The second-order valence-electron chi connectivity index (χ2n) is 3.54. The minimum Gasteiger partial charge on any atom is -0.494 e. The average molecular weight is 248 g/mol. The first-order valence-electron chi connectivity index (χ1n) is 5.24. The summed E-state index contributed by atoms with van der Waals surface area (Å²) in [6.07, 6.45) is 3.00. The molecule has 0 aliphatic heterocycles. The average Bonchev–Trinajstić information content (AvgIpc) is 2.92. The molecule has 18 heavy (non-hydrogen) atoms. The maximum absolute atomic E-state index is 12.0. The first-order chi connectivity index (χ1) is 8.72. The summed E-state index contributed by atoms with van der Waals surface area (Å²) in [6.45, 7) is 1.76. The third-order valence-corrected chi connectivity index (χ3v) is 2.35. The Hall–Kier alpha value is -2.51. The molecule has 1 amide bonds. The van der Waals surface area contributed by atoms with E-state index >= 15 is 0 Å². The lowest BCUT2D eigenvalue weighted by Crippen LogP contribution is -2.27. The van der Waals surface area contributed by atoms with Crippen molar-refractivity contribution in [3.05, 3.63) is 29.8 Å². The highest BCUT2D eigenvalue weighted by molar-refractivity contribution is 5.96. The van der Waals surface area contributed by atoms with Crippen LogP contribution in [-0.2, 0) is 0 Å². The molecule has 94 valence electrons. The van der Waals surface area contributed by atoms with Crippen LogP contribution in [0.25, 0.3) is 0 Å². The number of carbonyl (C=O) groups is 1. The summed E-state index contributed by atoms with van der Waals surface area (Å²) in [4.78, 5) is 15.9. The van der Waals surface area contributed by atoms with Crippen LogP contribution in [0.3, 0.4) is 0 Å². The third kappa shape index (κ3) is 2.42. The summed E-state index contributed by atoms with van der Waals surface area (Å²) in [5.74, 6) is 0.540. The quantitative estimate of drug-likeness (QED) is 0.794. The van der Waals surface area contributed by atoms with Gasteiger partial charge in [-0.25, -0.2) is 0 Å². The van der Waals surface area contributed by atoms with Crippen molar-refractivity contribution in [3.63, 3.8) is 0 Å². The number of hydrogen-bond acceptors (Lipinski definition) is 6. The SMILES string of the molecule is COc1cnccc1C(=O)NC(C)c1nn[nH]n1. The van der Waals surface area contributed by atoms with Crippen LogP contribution in [-0.4, -0.2) is 38.6 Å². The molecule has 0 saturated carbocycles. The monoisotopic (exact) mass is 248 g/mol. The van der Waals surface area contributed by atoms with Crippen LogP contribution < -0.4 is 10.1 Å². The lowest BCUT2D eigenvalue weighted by Gasteiger charge is -2.11. The normalized spacial score (nSPS) is 11.9. The molecule has 1 atom stereocenters. The van der Waals surface area contributed by atoms with Gasteiger partial charge in [-0.2, -0.15) is 5.21 Å². The molecule has 0 radical (unpaired) electrons. The van der Waals surface area contributed by atoms with Crippen LogP contribution in [0.1, 0.15) is 29.1 Å². The number of tetrazole rings is 1. The number of rotatable bonds is 4. The van der Waals surface area contributed by atoms with E-state index in [1.807, 2.05) is 0 Å². The number of methoxy groups -OCH3 is 1. The maximum Gasteiger partial charge on any atom is 0.255 e. The van der Waals surface area contributed by atoms with Crippen LogP contribution in [0.15, 0.2) is 18.5 Å². The Morgan fingerprint density at radius 3 is 3.06 bits per heavy atom. The zero-order valence-electron chi connectivity index (χ0n) is 9.91. The van der Waals surface area contributed by atoms with Gasteiger partial charge in [0.05, 0.1) is 24.9 Å². The van der Waals surface area contributed by atoms with E-state index in [1.165, 1.54) is 19.5 Å². The number of pyridine rings is 1. The van der Waals surface area contributed by atoms with Gasteiger partial charge < -0.3 is 10.1 Å². The van der Waals surface area contributed by atoms with Gasteiger partial charge >= 0.3 is 0 Å². The number of aromatic nitrogens is 5. The first kappa shape index (κ1) is 12.0. The number of H-pyrrole nitrogens is 1. The second-order valence-corrected chi connectivity index (χ2v) is 3.54. The standard InChI is InChI=1S/C10H12N6O2/c1-6(9-13-15-16-14-9)12-10(17)7-3-4-11-5-8(7)18-2/h3-6H,1-2H3,(H,12,17)(H,13,14,15,16). The number of amides is 1. The molecule has 0 fully saturated rings. The van der Waals surface area contributed by atoms with Crippen LogP contribution in [0.2, 0.25) is 0 Å². The molecule has 2 heterocycles. The van der Waals surface area contributed by atoms with E-state index in [0.29, 0.717) is 17.1 Å². The van der Waals surface area contributed by atoms with Gasteiger partial charge in [0, 0.05) is 6.20 Å². The van der Waals surface area contributed by atoms with Crippen LogP contribution in [0.4, 0.5) is 0 Å². The lowest BCUT2D eigenvalue weighted by atomic mass is 10.2. The fourth-order valence-electron chi connectivity index (χ4n) is 1.42. The Morgan fingerprint density at radius 1 is 1.56 bits per heavy atom. The van der Waals surface area contributed by atoms with Gasteiger partial charge in [-0.3, -0.25) is 9.78 Å².